The smallest absolute Gasteiger partial charge is 0.138 e. The molecule has 1 aliphatic rings. The van der Waals surface area contributed by atoms with Crippen molar-refractivity contribution >= 4 is 31.9 Å². The van der Waals surface area contributed by atoms with Crippen molar-refractivity contribution in [2.45, 2.75) is 13.0 Å². The predicted molar refractivity (Wildman–Crippen MR) is 63.5 cm³/mol. The van der Waals surface area contributed by atoms with E-state index in [0.717, 1.165) is 16.6 Å². The molecule has 0 amide bonds. The normalized spacial score (nSPS) is 19.0. The molecule has 1 heterocycles. The molecule has 5 heteroatoms. The molecule has 1 aromatic rings. The summed E-state index contributed by atoms with van der Waals surface area (Å²) in [7, 11) is 0. The van der Waals surface area contributed by atoms with Gasteiger partial charge in [0.1, 0.15) is 28.7 Å². The van der Waals surface area contributed by atoms with Gasteiger partial charge in [-0.05, 0) is 28.9 Å². The van der Waals surface area contributed by atoms with E-state index in [1.807, 2.05) is 13.0 Å². The molecule has 15 heavy (non-hydrogen) atoms. The van der Waals surface area contributed by atoms with Crippen LogP contribution in [0.5, 0.6) is 11.5 Å². The van der Waals surface area contributed by atoms with E-state index in [2.05, 4.69) is 31.9 Å². The van der Waals surface area contributed by atoms with Gasteiger partial charge in [0, 0.05) is 10.0 Å². The Kier molecular flexibility index (Phi) is 3.23. The van der Waals surface area contributed by atoms with Crippen molar-refractivity contribution < 1.29 is 14.6 Å². The minimum atomic E-state index is 0.205. The molecular formula is C10H10Br2O3. The Balaban J connectivity index is 2.21. The number of hydrogen-bond donors (Lipinski definition) is 1. The summed E-state index contributed by atoms with van der Waals surface area (Å²) in [6, 6.07) is 1.83. The van der Waals surface area contributed by atoms with Gasteiger partial charge < -0.3 is 14.6 Å². The van der Waals surface area contributed by atoms with Crippen LogP contribution in [0.15, 0.2) is 15.0 Å². The molecule has 0 bridgehead atoms. The lowest BCUT2D eigenvalue weighted by Gasteiger charge is -2.11. The van der Waals surface area contributed by atoms with E-state index in [1.165, 1.54) is 0 Å². The number of rotatable bonds is 3. The molecule has 2 rings (SSSR count). The summed E-state index contributed by atoms with van der Waals surface area (Å²) in [4.78, 5) is 0. The first-order chi connectivity index (χ1) is 7.09. The maximum atomic E-state index is 9.76. The van der Waals surface area contributed by atoms with Crippen LogP contribution in [0.3, 0.4) is 0 Å². The molecule has 0 radical (unpaired) electrons. The highest BCUT2D eigenvalue weighted by Crippen LogP contribution is 2.40. The highest BCUT2D eigenvalue weighted by Gasteiger charge is 2.24. The Bertz CT molecular complexity index is 389. The van der Waals surface area contributed by atoms with E-state index in [0.29, 0.717) is 16.8 Å². The van der Waals surface area contributed by atoms with Crippen molar-refractivity contribution in [3.05, 3.63) is 20.6 Å². The zero-order valence-corrected chi connectivity index (χ0v) is 11.3. The largest absolute Gasteiger partial charge is 0.506 e. The summed E-state index contributed by atoms with van der Waals surface area (Å²) in [5.74, 6) is 0.830. The topological polar surface area (TPSA) is 42.0 Å². The predicted octanol–water partition coefficient (Wildman–Crippen LogP) is 3.00. The minimum absolute atomic E-state index is 0.205. The summed E-state index contributed by atoms with van der Waals surface area (Å²) in [6.07, 6.45) is 0.208. The Labute approximate surface area is 105 Å². The number of ether oxygens (including phenoxy) is 2. The lowest BCUT2D eigenvalue weighted by molar-refractivity contribution is 0.260. The van der Waals surface area contributed by atoms with Crippen molar-refractivity contribution in [2.24, 2.45) is 0 Å². The lowest BCUT2D eigenvalue weighted by Crippen LogP contribution is -2.04. The molecule has 0 aliphatic carbocycles. The van der Waals surface area contributed by atoms with E-state index in [4.69, 9.17) is 9.47 Å². The first-order valence-electron chi connectivity index (χ1n) is 4.51. The molecule has 3 nitrogen and oxygen atoms in total. The summed E-state index contributed by atoms with van der Waals surface area (Å²) < 4.78 is 12.0. The fraction of sp³-hybridized carbons (Fsp3) is 0.400. The molecule has 1 saturated heterocycles. The molecule has 1 fully saturated rings. The fourth-order valence-corrected chi connectivity index (χ4v) is 2.06. The molecule has 0 aromatic heterocycles. The van der Waals surface area contributed by atoms with E-state index in [1.54, 1.807) is 0 Å². The Morgan fingerprint density at radius 1 is 1.60 bits per heavy atom. The Morgan fingerprint density at radius 3 is 2.87 bits per heavy atom. The summed E-state index contributed by atoms with van der Waals surface area (Å²) >= 11 is 6.66. The maximum absolute atomic E-state index is 9.76. The fourth-order valence-electron chi connectivity index (χ4n) is 1.13. The van der Waals surface area contributed by atoms with E-state index >= 15 is 0 Å². The average molecular weight is 338 g/mol. The van der Waals surface area contributed by atoms with Gasteiger partial charge in [-0.3, -0.25) is 0 Å². The van der Waals surface area contributed by atoms with E-state index in [9.17, 15) is 5.11 Å². The third-order valence-corrected chi connectivity index (χ3v) is 3.81. The molecule has 1 atom stereocenters. The first kappa shape index (κ1) is 11.2. The second-order valence-corrected chi connectivity index (χ2v) is 5.06. The van der Waals surface area contributed by atoms with Gasteiger partial charge in [-0.2, -0.15) is 0 Å². The third kappa shape index (κ3) is 2.46. The SMILES string of the molecule is Cc1c(Br)cc(OCC2CO2)c(Br)c1O. The number of phenols is 1. The van der Waals surface area contributed by atoms with Crippen LogP contribution in [0, 0.1) is 6.92 Å². The van der Waals surface area contributed by atoms with Gasteiger partial charge in [0.05, 0.1) is 6.61 Å². The number of benzene rings is 1. The van der Waals surface area contributed by atoms with Crippen LogP contribution in [0.25, 0.3) is 0 Å². The number of phenolic OH excluding ortho intramolecular Hbond substituents is 1. The molecule has 1 aliphatic heterocycles. The van der Waals surface area contributed by atoms with Gasteiger partial charge >= 0.3 is 0 Å². The van der Waals surface area contributed by atoms with Gasteiger partial charge in [0.2, 0.25) is 0 Å². The second kappa shape index (κ2) is 4.31. The zero-order valence-electron chi connectivity index (χ0n) is 8.09. The highest BCUT2D eigenvalue weighted by atomic mass is 79.9. The van der Waals surface area contributed by atoms with Crippen LogP contribution < -0.4 is 4.74 Å². The van der Waals surface area contributed by atoms with Crippen molar-refractivity contribution in [1.82, 2.24) is 0 Å². The zero-order chi connectivity index (χ0) is 11.0. The van der Waals surface area contributed by atoms with Crippen LogP contribution in [-0.4, -0.2) is 24.4 Å². The van der Waals surface area contributed by atoms with Crippen LogP contribution in [-0.2, 0) is 4.74 Å². The van der Waals surface area contributed by atoms with Gasteiger partial charge in [0.25, 0.3) is 0 Å². The van der Waals surface area contributed by atoms with Crippen LogP contribution in [0.1, 0.15) is 5.56 Å². The number of hydrogen-bond acceptors (Lipinski definition) is 3. The quantitative estimate of drug-likeness (QED) is 0.862. The van der Waals surface area contributed by atoms with E-state index in [-0.39, 0.29) is 11.9 Å². The van der Waals surface area contributed by atoms with Gasteiger partial charge in [-0.15, -0.1) is 0 Å². The molecule has 1 N–H and O–H groups in total. The highest BCUT2D eigenvalue weighted by molar-refractivity contribution is 9.11. The maximum Gasteiger partial charge on any atom is 0.138 e. The summed E-state index contributed by atoms with van der Waals surface area (Å²) in [5, 5.41) is 9.76. The molecule has 1 aromatic carbocycles. The van der Waals surface area contributed by atoms with Crippen molar-refractivity contribution in [3.63, 3.8) is 0 Å². The number of aromatic hydroxyl groups is 1. The number of epoxide rings is 1. The third-order valence-electron chi connectivity index (χ3n) is 2.22. The molecular weight excluding hydrogens is 328 g/mol. The standard InChI is InChI=1S/C10H10Br2O3/c1-5-7(11)2-8(9(12)10(5)13)15-4-6-3-14-6/h2,6,13H,3-4H2,1H3. The van der Waals surface area contributed by atoms with Crippen LogP contribution in [0.4, 0.5) is 0 Å². The van der Waals surface area contributed by atoms with E-state index < -0.39 is 0 Å². The van der Waals surface area contributed by atoms with Crippen molar-refractivity contribution in [1.29, 1.82) is 0 Å². The number of halogens is 2. The minimum Gasteiger partial charge on any atom is -0.506 e. The average Bonchev–Trinajstić information content (AvgIpc) is 3.02. The molecule has 0 spiro atoms. The van der Waals surface area contributed by atoms with Crippen LogP contribution in [0.2, 0.25) is 0 Å². The second-order valence-electron chi connectivity index (χ2n) is 3.41. The molecule has 1 unspecified atom stereocenters. The summed E-state index contributed by atoms with van der Waals surface area (Å²) in [5.41, 5.74) is 0.789. The lowest BCUT2D eigenvalue weighted by atomic mass is 10.2. The van der Waals surface area contributed by atoms with Crippen molar-refractivity contribution in [3.8, 4) is 11.5 Å². The molecule has 82 valence electrons. The Morgan fingerprint density at radius 2 is 2.27 bits per heavy atom. The van der Waals surface area contributed by atoms with Gasteiger partial charge in [0.15, 0.2) is 0 Å². The molecule has 0 saturated carbocycles. The van der Waals surface area contributed by atoms with Crippen LogP contribution >= 0.6 is 31.9 Å². The van der Waals surface area contributed by atoms with Crippen molar-refractivity contribution in [2.75, 3.05) is 13.2 Å². The Hall–Kier alpha value is -0.260. The monoisotopic (exact) mass is 336 g/mol. The van der Waals surface area contributed by atoms with Gasteiger partial charge in [-0.25, -0.2) is 0 Å². The van der Waals surface area contributed by atoms with Gasteiger partial charge in [-0.1, -0.05) is 15.9 Å². The summed E-state index contributed by atoms with van der Waals surface area (Å²) in [6.45, 7) is 3.11. The first-order valence-corrected chi connectivity index (χ1v) is 6.10.